The molecule has 2 bridgehead atoms. The lowest BCUT2D eigenvalue weighted by atomic mass is 9.94. The summed E-state index contributed by atoms with van der Waals surface area (Å²) < 4.78 is 0. The van der Waals surface area contributed by atoms with E-state index in [1.807, 2.05) is 0 Å². The molecule has 1 heteroatoms. The van der Waals surface area contributed by atoms with Crippen molar-refractivity contribution in [3.63, 3.8) is 0 Å². The number of rotatable bonds is 0. The van der Waals surface area contributed by atoms with Crippen molar-refractivity contribution >= 4 is 0 Å². The molecule has 3 heterocycles. The van der Waals surface area contributed by atoms with Crippen molar-refractivity contribution in [3.05, 3.63) is 12.3 Å². The standard InChI is InChI=1S/C7H10N/c1-4-8-5-2-7(1)3-6-8/h1,7H,2-3,5-6H2. The summed E-state index contributed by atoms with van der Waals surface area (Å²) >= 11 is 0. The van der Waals surface area contributed by atoms with Crippen LogP contribution in [-0.2, 0) is 0 Å². The summed E-state index contributed by atoms with van der Waals surface area (Å²) in [5.74, 6) is 0.875. The van der Waals surface area contributed by atoms with E-state index in [-0.39, 0.29) is 0 Å². The fourth-order valence-electron chi connectivity index (χ4n) is 1.41. The summed E-state index contributed by atoms with van der Waals surface area (Å²) in [7, 11) is 0. The highest BCUT2D eigenvalue weighted by atomic mass is 15.1. The van der Waals surface area contributed by atoms with Crippen LogP contribution < -0.4 is 0 Å². The second kappa shape index (κ2) is 1.51. The molecule has 1 nitrogen and oxygen atoms in total. The van der Waals surface area contributed by atoms with E-state index >= 15 is 0 Å². The molecule has 0 atom stereocenters. The fraction of sp³-hybridized carbons (Fsp3) is 0.714. The number of fused-ring (bicyclic) bond motifs is 2. The molecule has 1 fully saturated rings. The zero-order valence-corrected chi connectivity index (χ0v) is 4.93. The summed E-state index contributed by atoms with van der Waals surface area (Å²) in [4.78, 5) is 2.28. The van der Waals surface area contributed by atoms with Crippen LogP contribution in [0.15, 0.2) is 6.08 Å². The molecule has 3 aliphatic heterocycles. The van der Waals surface area contributed by atoms with E-state index in [0.29, 0.717) is 0 Å². The molecule has 43 valence electrons. The molecule has 0 aromatic rings. The monoisotopic (exact) mass is 108 g/mol. The van der Waals surface area contributed by atoms with Gasteiger partial charge in [0.25, 0.3) is 0 Å². The Balaban J connectivity index is 2.20. The van der Waals surface area contributed by atoms with E-state index < -0.39 is 0 Å². The summed E-state index contributed by atoms with van der Waals surface area (Å²) in [5, 5.41) is 0. The van der Waals surface area contributed by atoms with Gasteiger partial charge in [-0.15, -0.1) is 0 Å². The van der Waals surface area contributed by atoms with E-state index in [2.05, 4.69) is 17.2 Å². The van der Waals surface area contributed by atoms with Crippen LogP contribution in [0.4, 0.5) is 0 Å². The van der Waals surface area contributed by atoms with Crippen molar-refractivity contribution in [2.75, 3.05) is 13.1 Å². The molecule has 0 N–H and O–H groups in total. The number of piperidine rings is 1. The van der Waals surface area contributed by atoms with E-state index in [1.54, 1.807) is 0 Å². The second-order valence-corrected chi connectivity index (χ2v) is 2.62. The zero-order chi connectivity index (χ0) is 5.40. The molecule has 1 radical (unpaired) electrons. The first-order valence-corrected chi connectivity index (χ1v) is 3.29. The van der Waals surface area contributed by atoms with Gasteiger partial charge in [-0.05, 0) is 18.8 Å². The molecular weight excluding hydrogens is 98.1 g/mol. The summed E-state index contributed by atoms with van der Waals surface area (Å²) in [6.45, 7) is 2.50. The fourth-order valence-corrected chi connectivity index (χ4v) is 1.41. The Hall–Kier alpha value is -0.460. The third-order valence-corrected chi connectivity index (χ3v) is 2.03. The third kappa shape index (κ3) is 0.540. The lowest BCUT2D eigenvalue weighted by molar-refractivity contribution is 0.230. The minimum atomic E-state index is 0.875. The Morgan fingerprint density at radius 3 is 2.25 bits per heavy atom. The molecule has 0 saturated carbocycles. The van der Waals surface area contributed by atoms with Gasteiger partial charge >= 0.3 is 0 Å². The van der Waals surface area contributed by atoms with Crippen molar-refractivity contribution in [1.82, 2.24) is 4.90 Å². The predicted octanol–water partition coefficient (Wildman–Crippen LogP) is 1.03. The maximum atomic E-state index is 3.23. The first-order valence-electron chi connectivity index (χ1n) is 3.29. The highest BCUT2D eigenvalue weighted by Gasteiger charge is 2.19. The summed E-state index contributed by atoms with van der Waals surface area (Å²) in [5.41, 5.74) is 0. The Morgan fingerprint density at radius 2 is 2.12 bits per heavy atom. The van der Waals surface area contributed by atoms with Crippen LogP contribution >= 0.6 is 0 Å². The molecule has 0 aromatic carbocycles. The second-order valence-electron chi connectivity index (χ2n) is 2.62. The van der Waals surface area contributed by atoms with Gasteiger partial charge in [0.2, 0.25) is 0 Å². The lowest BCUT2D eigenvalue weighted by Gasteiger charge is -2.33. The Kier molecular flexibility index (Phi) is 0.833. The Morgan fingerprint density at radius 1 is 1.38 bits per heavy atom. The molecule has 3 rings (SSSR count). The van der Waals surface area contributed by atoms with Gasteiger partial charge < -0.3 is 4.90 Å². The van der Waals surface area contributed by atoms with Gasteiger partial charge in [0.1, 0.15) is 0 Å². The number of nitrogens with zero attached hydrogens (tertiary/aromatic N) is 1. The topological polar surface area (TPSA) is 3.24 Å². The van der Waals surface area contributed by atoms with Gasteiger partial charge in [-0.1, -0.05) is 6.08 Å². The molecule has 0 amide bonds. The van der Waals surface area contributed by atoms with E-state index in [1.165, 1.54) is 25.9 Å². The van der Waals surface area contributed by atoms with Crippen LogP contribution in [0.1, 0.15) is 12.8 Å². The average Bonchev–Trinajstić information content (AvgIpc) is 1.92. The van der Waals surface area contributed by atoms with Gasteiger partial charge in [0.15, 0.2) is 0 Å². The van der Waals surface area contributed by atoms with Crippen LogP contribution in [0.25, 0.3) is 0 Å². The van der Waals surface area contributed by atoms with E-state index in [9.17, 15) is 0 Å². The highest BCUT2D eigenvalue weighted by molar-refractivity contribution is 4.93. The minimum absolute atomic E-state index is 0.875. The van der Waals surface area contributed by atoms with E-state index in [4.69, 9.17) is 0 Å². The quantitative estimate of drug-likeness (QED) is 0.448. The first kappa shape index (κ1) is 4.42. The van der Waals surface area contributed by atoms with Gasteiger partial charge in [-0.25, -0.2) is 0 Å². The molecule has 0 aliphatic carbocycles. The van der Waals surface area contributed by atoms with Crippen LogP contribution in [0.3, 0.4) is 0 Å². The van der Waals surface area contributed by atoms with Gasteiger partial charge in [-0.2, -0.15) is 0 Å². The van der Waals surface area contributed by atoms with Crippen molar-refractivity contribution in [3.8, 4) is 0 Å². The normalized spacial score (nSPS) is 27.2. The van der Waals surface area contributed by atoms with E-state index in [0.717, 1.165) is 5.92 Å². The molecule has 3 aliphatic rings. The van der Waals surface area contributed by atoms with Crippen molar-refractivity contribution in [2.45, 2.75) is 12.8 Å². The molecule has 0 aromatic heterocycles. The zero-order valence-electron chi connectivity index (χ0n) is 4.93. The lowest BCUT2D eigenvalue weighted by Crippen LogP contribution is -2.33. The maximum absolute atomic E-state index is 3.23. The van der Waals surface area contributed by atoms with Gasteiger partial charge in [0.05, 0.1) is 6.20 Å². The molecular formula is C7H10N. The van der Waals surface area contributed by atoms with Gasteiger partial charge in [0, 0.05) is 13.1 Å². The Labute approximate surface area is 50.0 Å². The molecule has 0 unspecified atom stereocenters. The Bertz CT molecular complexity index is 95.6. The largest absolute Gasteiger partial charge is 0.370 e. The van der Waals surface area contributed by atoms with Gasteiger partial charge in [-0.3, -0.25) is 0 Å². The third-order valence-electron chi connectivity index (χ3n) is 2.03. The van der Waals surface area contributed by atoms with Crippen LogP contribution in [0.2, 0.25) is 0 Å². The molecule has 1 saturated heterocycles. The molecule has 8 heavy (non-hydrogen) atoms. The number of hydrogen-bond acceptors (Lipinski definition) is 1. The number of hydrogen-bond donors (Lipinski definition) is 0. The van der Waals surface area contributed by atoms with Crippen LogP contribution in [-0.4, -0.2) is 18.0 Å². The minimum Gasteiger partial charge on any atom is -0.370 e. The van der Waals surface area contributed by atoms with Crippen molar-refractivity contribution < 1.29 is 0 Å². The average molecular weight is 108 g/mol. The smallest absolute Gasteiger partial charge is 0.0563 e. The first-order chi connectivity index (χ1) is 3.95. The summed E-state index contributed by atoms with van der Waals surface area (Å²) in [6, 6.07) is 0. The van der Waals surface area contributed by atoms with Crippen LogP contribution in [0, 0.1) is 12.1 Å². The van der Waals surface area contributed by atoms with Crippen LogP contribution in [0.5, 0.6) is 0 Å². The predicted molar refractivity (Wildman–Crippen MR) is 32.1 cm³/mol. The maximum Gasteiger partial charge on any atom is 0.0563 e. The van der Waals surface area contributed by atoms with Crippen molar-refractivity contribution in [2.24, 2.45) is 5.92 Å². The SMILES string of the molecule is [C]1=CC2CCN1CC2. The highest BCUT2D eigenvalue weighted by Crippen LogP contribution is 2.22. The summed E-state index contributed by atoms with van der Waals surface area (Å²) in [6.07, 6.45) is 8.18. The van der Waals surface area contributed by atoms with Crippen molar-refractivity contribution in [1.29, 1.82) is 0 Å². The number of allylic oxidation sites excluding steroid dienone is 1. The molecule has 0 spiro atoms.